The van der Waals surface area contributed by atoms with E-state index in [9.17, 15) is 13.2 Å². The summed E-state index contributed by atoms with van der Waals surface area (Å²) in [6.07, 6.45) is 0.859. The molecule has 0 spiro atoms. The highest BCUT2D eigenvalue weighted by Crippen LogP contribution is 2.28. The molecule has 0 radical (unpaired) electrons. The van der Waals surface area contributed by atoms with Gasteiger partial charge in [0.05, 0.1) is 4.90 Å². The first-order valence-electron chi connectivity index (χ1n) is 9.18. The van der Waals surface area contributed by atoms with Gasteiger partial charge >= 0.3 is 0 Å². The largest absolute Gasteiger partial charge is 0.308 e. The lowest BCUT2D eigenvalue weighted by Gasteiger charge is -2.17. The molecule has 29 heavy (non-hydrogen) atoms. The molecular formula is C22H19BrN2O3S. The van der Waals surface area contributed by atoms with Crippen molar-refractivity contribution in [2.75, 3.05) is 11.4 Å². The van der Waals surface area contributed by atoms with Gasteiger partial charge in [-0.25, -0.2) is 13.1 Å². The van der Waals surface area contributed by atoms with Crippen molar-refractivity contribution in [2.24, 2.45) is 0 Å². The second-order valence-electron chi connectivity index (χ2n) is 6.81. The first-order chi connectivity index (χ1) is 13.9. The van der Waals surface area contributed by atoms with E-state index in [1.54, 1.807) is 53.4 Å². The van der Waals surface area contributed by atoms with Gasteiger partial charge in [-0.1, -0.05) is 46.3 Å². The Kier molecular flexibility index (Phi) is 5.54. The molecule has 0 aromatic heterocycles. The number of benzene rings is 3. The highest BCUT2D eigenvalue weighted by Gasteiger charge is 2.25. The van der Waals surface area contributed by atoms with Crippen LogP contribution in [0.4, 0.5) is 5.69 Å². The minimum Gasteiger partial charge on any atom is -0.308 e. The highest BCUT2D eigenvalue weighted by molar-refractivity contribution is 9.10. The van der Waals surface area contributed by atoms with E-state index in [0.29, 0.717) is 12.1 Å². The molecule has 0 fully saturated rings. The monoisotopic (exact) mass is 470 g/mol. The summed E-state index contributed by atoms with van der Waals surface area (Å²) >= 11 is 3.29. The summed E-state index contributed by atoms with van der Waals surface area (Å²) in [5, 5.41) is 0. The lowest BCUT2D eigenvalue weighted by atomic mass is 10.1. The Bertz CT molecular complexity index is 1140. The normalized spacial score (nSPS) is 13.3. The van der Waals surface area contributed by atoms with Crippen molar-refractivity contribution in [1.82, 2.24) is 4.72 Å². The van der Waals surface area contributed by atoms with Crippen LogP contribution in [0.2, 0.25) is 0 Å². The van der Waals surface area contributed by atoms with Crippen LogP contribution >= 0.6 is 15.9 Å². The zero-order chi connectivity index (χ0) is 20.4. The molecule has 1 aliphatic rings. The summed E-state index contributed by atoms with van der Waals surface area (Å²) in [4.78, 5) is 14.9. The van der Waals surface area contributed by atoms with Gasteiger partial charge in [-0.3, -0.25) is 4.79 Å². The molecular weight excluding hydrogens is 452 g/mol. The second-order valence-corrected chi connectivity index (χ2v) is 9.49. The zero-order valence-corrected chi connectivity index (χ0v) is 17.9. The molecule has 1 amide bonds. The standard InChI is InChI=1S/C22H19BrN2O3S/c23-19-9-11-20(12-10-19)29(27,28)24-15-16-5-7-18(8-6-16)22(26)25-14-13-17-3-1-2-4-21(17)25/h1-12,24H,13-15H2. The van der Waals surface area contributed by atoms with E-state index in [1.165, 1.54) is 5.56 Å². The molecule has 0 saturated carbocycles. The molecule has 0 bridgehead atoms. The minimum atomic E-state index is -3.59. The van der Waals surface area contributed by atoms with Crippen molar-refractivity contribution >= 4 is 37.5 Å². The maximum atomic E-state index is 12.9. The van der Waals surface area contributed by atoms with Crippen molar-refractivity contribution in [3.05, 3.63) is 94.0 Å². The summed E-state index contributed by atoms with van der Waals surface area (Å²) < 4.78 is 28.2. The predicted molar refractivity (Wildman–Crippen MR) is 116 cm³/mol. The van der Waals surface area contributed by atoms with Crippen molar-refractivity contribution in [3.8, 4) is 0 Å². The van der Waals surface area contributed by atoms with Crippen LogP contribution in [-0.4, -0.2) is 20.9 Å². The van der Waals surface area contributed by atoms with E-state index in [0.717, 1.165) is 22.1 Å². The van der Waals surface area contributed by atoms with Crippen molar-refractivity contribution in [3.63, 3.8) is 0 Å². The Morgan fingerprint density at radius 1 is 0.966 bits per heavy atom. The molecule has 3 aromatic rings. The molecule has 0 unspecified atom stereocenters. The predicted octanol–water partition coefficient (Wildman–Crippen LogP) is 4.13. The van der Waals surface area contributed by atoms with Crippen LogP contribution in [0.3, 0.4) is 0 Å². The number of halogens is 1. The van der Waals surface area contributed by atoms with Gasteiger partial charge in [0.1, 0.15) is 0 Å². The highest BCUT2D eigenvalue weighted by atomic mass is 79.9. The summed E-state index contributed by atoms with van der Waals surface area (Å²) in [5.41, 5.74) is 3.51. The molecule has 7 heteroatoms. The molecule has 4 rings (SSSR count). The molecule has 0 aliphatic carbocycles. The van der Waals surface area contributed by atoms with E-state index in [2.05, 4.69) is 20.7 Å². The first kappa shape index (κ1) is 19.8. The topological polar surface area (TPSA) is 66.5 Å². The lowest BCUT2D eigenvalue weighted by Crippen LogP contribution is -2.28. The van der Waals surface area contributed by atoms with E-state index in [-0.39, 0.29) is 17.3 Å². The van der Waals surface area contributed by atoms with Crippen LogP contribution in [-0.2, 0) is 23.0 Å². The van der Waals surface area contributed by atoms with Crippen molar-refractivity contribution < 1.29 is 13.2 Å². The van der Waals surface area contributed by atoms with E-state index < -0.39 is 10.0 Å². The number of carbonyl (C=O) groups excluding carboxylic acids is 1. The summed E-state index contributed by atoms with van der Waals surface area (Å²) in [7, 11) is -3.59. The third kappa shape index (κ3) is 4.27. The summed E-state index contributed by atoms with van der Waals surface area (Å²) in [6, 6.07) is 21.4. The molecule has 1 heterocycles. The third-order valence-corrected chi connectivity index (χ3v) is 6.87. The molecule has 1 N–H and O–H groups in total. The van der Waals surface area contributed by atoms with Crippen LogP contribution in [0, 0.1) is 0 Å². The van der Waals surface area contributed by atoms with E-state index >= 15 is 0 Å². The fraction of sp³-hybridized carbons (Fsp3) is 0.136. The number of hydrogen-bond donors (Lipinski definition) is 1. The van der Waals surface area contributed by atoms with Gasteiger partial charge < -0.3 is 4.90 Å². The smallest absolute Gasteiger partial charge is 0.258 e. The number of fused-ring (bicyclic) bond motifs is 1. The quantitative estimate of drug-likeness (QED) is 0.609. The lowest BCUT2D eigenvalue weighted by molar-refractivity contribution is 0.0989. The number of nitrogens with one attached hydrogen (secondary N) is 1. The number of para-hydroxylation sites is 1. The van der Waals surface area contributed by atoms with E-state index in [4.69, 9.17) is 0 Å². The number of rotatable bonds is 5. The summed E-state index contributed by atoms with van der Waals surface area (Å²) in [5.74, 6) is -0.0445. The van der Waals surface area contributed by atoms with Crippen LogP contribution in [0.5, 0.6) is 0 Å². The number of carbonyl (C=O) groups is 1. The van der Waals surface area contributed by atoms with Crippen LogP contribution < -0.4 is 9.62 Å². The third-order valence-electron chi connectivity index (χ3n) is 4.92. The second kappa shape index (κ2) is 8.10. The maximum absolute atomic E-state index is 12.9. The number of hydrogen-bond acceptors (Lipinski definition) is 3. The van der Waals surface area contributed by atoms with Crippen LogP contribution in [0.1, 0.15) is 21.5 Å². The average molecular weight is 471 g/mol. The zero-order valence-electron chi connectivity index (χ0n) is 15.5. The molecule has 5 nitrogen and oxygen atoms in total. The maximum Gasteiger partial charge on any atom is 0.258 e. The minimum absolute atomic E-state index is 0.0445. The molecule has 3 aromatic carbocycles. The van der Waals surface area contributed by atoms with Gasteiger partial charge in [0.15, 0.2) is 0 Å². The molecule has 0 saturated heterocycles. The number of anilines is 1. The number of sulfonamides is 1. The van der Waals surface area contributed by atoms with Gasteiger partial charge in [-0.05, 0) is 60.0 Å². The number of nitrogens with zero attached hydrogens (tertiary/aromatic N) is 1. The van der Waals surface area contributed by atoms with Gasteiger partial charge in [0.2, 0.25) is 10.0 Å². The Labute approximate surface area is 178 Å². The molecule has 148 valence electrons. The van der Waals surface area contributed by atoms with E-state index in [1.807, 2.05) is 24.3 Å². The number of amides is 1. The summed E-state index contributed by atoms with van der Waals surface area (Å²) in [6.45, 7) is 0.826. The fourth-order valence-electron chi connectivity index (χ4n) is 3.35. The van der Waals surface area contributed by atoms with Crippen molar-refractivity contribution in [1.29, 1.82) is 0 Å². The van der Waals surface area contributed by atoms with Crippen LogP contribution in [0.25, 0.3) is 0 Å². The van der Waals surface area contributed by atoms with Gasteiger partial charge in [0, 0.05) is 28.8 Å². The average Bonchev–Trinajstić information content (AvgIpc) is 3.17. The first-order valence-corrected chi connectivity index (χ1v) is 11.5. The molecule has 0 atom stereocenters. The van der Waals surface area contributed by atoms with Gasteiger partial charge in [-0.15, -0.1) is 0 Å². The van der Waals surface area contributed by atoms with Gasteiger partial charge in [0.25, 0.3) is 5.91 Å². The van der Waals surface area contributed by atoms with Crippen LogP contribution in [0.15, 0.2) is 82.2 Å². The molecule has 1 aliphatic heterocycles. The van der Waals surface area contributed by atoms with Gasteiger partial charge in [-0.2, -0.15) is 0 Å². The SMILES string of the molecule is O=C(c1ccc(CNS(=O)(=O)c2ccc(Br)cc2)cc1)N1CCc2ccccc21. The fourth-order valence-corrected chi connectivity index (χ4v) is 4.63. The Hall–Kier alpha value is -2.48. The Balaban J connectivity index is 1.43. The Morgan fingerprint density at radius 2 is 1.66 bits per heavy atom. The Morgan fingerprint density at radius 3 is 2.38 bits per heavy atom. The van der Waals surface area contributed by atoms with Crippen molar-refractivity contribution in [2.45, 2.75) is 17.9 Å².